The Bertz CT molecular complexity index is 315. The predicted molar refractivity (Wildman–Crippen MR) is 66.9 cm³/mol. The van der Waals surface area contributed by atoms with E-state index in [2.05, 4.69) is 36.9 Å². The summed E-state index contributed by atoms with van der Waals surface area (Å²) in [6, 6.07) is 8.30. The Hall–Kier alpha value is -1.06. The molecule has 0 aliphatic carbocycles. The molecule has 0 aromatic heterocycles. The van der Waals surface area contributed by atoms with Crippen molar-refractivity contribution >= 4 is 5.69 Å². The number of nitrogens with zero attached hydrogens (tertiary/aromatic N) is 1. The Labute approximate surface area is 97.7 Å². The van der Waals surface area contributed by atoms with Gasteiger partial charge in [0.05, 0.1) is 12.7 Å². The molecule has 0 aliphatic heterocycles. The van der Waals surface area contributed by atoms with Crippen LogP contribution in [0.1, 0.15) is 12.5 Å². The molecule has 1 aromatic carbocycles. The smallest absolute Gasteiger partial charge is 0.0947 e. The summed E-state index contributed by atoms with van der Waals surface area (Å²) in [5.41, 5.74) is 2.38. The third-order valence-corrected chi connectivity index (χ3v) is 2.54. The van der Waals surface area contributed by atoms with Crippen molar-refractivity contribution in [3.05, 3.63) is 29.8 Å². The van der Waals surface area contributed by atoms with E-state index in [0.29, 0.717) is 13.2 Å². The van der Waals surface area contributed by atoms with Crippen molar-refractivity contribution < 1.29 is 9.84 Å². The summed E-state index contributed by atoms with van der Waals surface area (Å²) >= 11 is 0. The number of anilines is 1. The van der Waals surface area contributed by atoms with Crippen molar-refractivity contribution in [2.24, 2.45) is 0 Å². The van der Waals surface area contributed by atoms with Crippen molar-refractivity contribution in [2.75, 3.05) is 31.7 Å². The summed E-state index contributed by atoms with van der Waals surface area (Å²) in [7, 11) is 1.60. The SMILES string of the molecule is CCN(CC(O)COC)c1cccc(C)c1. The van der Waals surface area contributed by atoms with E-state index >= 15 is 0 Å². The van der Waals surface area contributed by atoms with Crippen molar-refractivity contribution in [2.45, 2.75) is 20.0 Å². The molecule has 3 heteroatoms. The highest BCUT2D eigenvalue weighted by atomic mass is 16.5. The first-order chi connectivity index (χ1) is 7.67. The van der Waals surface area contributed by atoms with Crippen LogP contribution in [0.5, 0.6) is 0 Å². The average Bonchev–Trinajstić information content (AvgIpc) is 2.26. The summed E-state index contributed by atoms with van der Waals surface area (Å²) in [4.78, 5) is 2.15. The van der Waals surface area contributed by atoms with E-state index in [1.165, 1.54) is 5.56 Å². The van der Waals surface area contributed by atoms with Crippen LogP contribution in [0.3, 0.4) is 0 Å². The molecule has 0 radical (unpaired) electrons. The molecule has 16 heavy (non-hydrogen) atoms. The molecule has 3 nitrogen and oxygen atoms in total. The topological polar surface area (TPSA) is 32.7 Å². The lowest BCUT2D eigenvalue weighted by Crippen LogP contribution is -2.34. The van der Waals surface area contributed by atoms with Gasteiger partial charge in [-0.05, 0) is 31.5 Å². The number of aryl methyl sites for hydroxylation is 1. The quantitative estimate of drug-likeness (QED) is 0.798. The number of ether oxygens (including phenoxy) is 1. The van der Waals surface area contributed by atoms with Crippen LogP contribution in [-0.2, 0) is 4.74 Å². The first-order valence-corrected chi connectivity index (χ1v) is 5.66. The molecule has 0 saturated heterocycles. The monoisotopic (exact) mass is 223 g/mol. The second-order valence-electron chi connectivity index (χ2n) is 3.99. The van der Waals surface area contributed by atoms with Crippen LogP contribution in [0.2, 0.25) is 0 Å². The van der Waals surface area contributed by atoms with Gasteiger partial charge in [-0.15, -0.1) is 0 Å². The molecule has 0 fully saturated rings. The van der Waals surface area contributed by atoms with E-state index in [1.807, 2.05) is 6.07 Å². The molecule has 1 aromatic rings. The number of hydrogen-bond donors (Lipinski definition) is 1. The van der Waals surface area contributed by atoms with E-state index in [9.17, 15) is 5.11 Å². The number of aliphatic hydroxyl groups excluding tert-OH is 1. The van der Waals surface area contributed by atoms with Gasteiger partial charge in [-0.3, -0.25) is 0 Å². The molecular weight excluding hydrogens is 202 g/mol. The lowest BCUT2D eigenvalue weighted by atomic mass is 10.2. The number of aliphatic hydroxyl groups is 1. The van der Waals surface area contributed by atoms with E-state index < -0.39 is 6.10 Å². The zero-order chi connectivity index (χ0) is 12.0. The Morgan fingerprint density at radius 2 is 2.19 bits per heavy atom. The second kappa shape index (κ2) is 6.51. The highest BCUT2D eigenvalue weighted by molar-refractivity contribution is 5.48. The summed E-state index contributed by atoms with van der Waals surface area (Å²) < 4.78 is 4.93. The maximum Gasteiger partial charge on any atom is 0.0947 e. The molecule has 1 unspecified atom stereocenters. The molecule has 0 spiro atoms. The van der Waals surface area contributed by atoms with Gasteiger partial charge in [-0.2, -0.15) is 0 Å². The van der Waals surface area contributed by atoms with Gasteiger partial charge in [-0.1, -0.05) is 12.1 Å². The summed E-state index contributed by atoms with van der Waals surface area (Å²) in [6.45, 7) is 6.02. The molecule has 0 heterocycles. The van der Waals surface area contributed by atoms with Crippen LogP contribution < -0.4 is 4.90 Å². The third-order valence-electron chi connectivity index (χ3n) is 2.54. The lowest BCUT2D eigenvalue weighted by molar-refractivity contribution is 0.0689. The minimum atomic E-state index is -0.439. The molecular formula is C13H21NO2. The summed E-state index contributed by atoms with van der Waals surface area (Å²) in [5, 5.41) is 9.71. The predicted octanol–water partition coefficient (Wildman–Crippen LogP) is 1.83. The van der Waals surface area contributed by atoms with Gasteiger partial charge in [0, 0.05) is 25.9 Å². The molecule has 1 rings (SSSR count). The van der Waals surface area contributed by atoms with E-state index in [0.717, 1.165) is 12.2 Å². The highest BCUT2D eigenvalue weighted by Crippen LogP contribution is 2.15. The van der Waals surface area contributed by atoms with E-state index in [4.69, 9.17) is 4.74 Å². The Balaban J connectivity index is 2.67. The van der Waals surface area contributed by atoms with Gasteiger partial charge in [-0.25, -0.2) is 0 Å². The largest absolute Gasteiger partial charge is 0.389 e. The highest BCUT2D eigenvalue weighted by Gasteiger charge is 2.10. The number of rotatable bonds is 6. The number of methoxy groups -OCH3 is 1. The number of likely N-dealkylation sites (N-methyl/N-ethyl adjacent to an activating group) is 1. The molecule has 1 N–H and O–H groups in total. The second-order valence-corrected chi connectivity index (χ2v) is 3.99. The zero-order valence-corrected chi connectivity index (χ0v) is 10.3. The molecule has 1 atom stereocenters. The molecule has 0 bridgehead atoms. The van der Waals surface area contributed by atoms with Gasteiger partial charge in [0.2, 0.25) is 0 Å². The van der Waals surface area contributed by atoms with Gasteiger partial charge in [0.1, 0.15) is 0 Å². The average molecular weight is 223 g/mol. The molecule has 0 saturated carbocycles. The minimum absolute atomic E-state index is 0.377. The zero-order valence-electron chi connectivity index (χ0n) is 10.3. The first kappa shape index (κ1) is 13.0. The van der Waals surface area contributed by atoms with E-state index in [1.54, 1.807) is 7.11 Å². The molecule has 90 valence electrons. The Morgan fingerprint density at radius 3 is 2.75 bits per heavy atom. The Morgan fingerprint density at radius 1 is 1.44 bits per heavy atom. The summed E-state index contributed by atoms with van der Waals surface area (Å²) in [5.74, 6) is 0. The third kappa shape index (κ3) is 3.83. The summed E-state index contributed by atoms with van der Waals surface area (Å²) in [6.07, 6.45) is -0.439. The van der Waals surface area contributed by atoms with Crippen LogP contribution >= 0.6 is 0 Å². The van der Waals surface area contributed by atoms with Gasteiger partial charge in [0.15, 0.2) is 0 Å². The fourth-order valence-electron chi connectivity index (χ4n) is 1.74. The standard InChI is InChI=1S/C13H21NO2/c1-4-14(9-13(15)10-16-3)12-7-5-6-11(2)8-12/h5-8,13,15H,4,9-10H2,1-3H3. The van der Waals surface area contributed by atoms with Gasteiger partial charge in [0.25, 0.3) is 0 Å². The van der Waals surface area contributed by atoms with Crippen LogP contribution in [0.25, 0.3) is 0 Å². The number of benzene rings is 1. The Kier molecular flexibility index (Phi) is 5.29. The van der Waals surface area contributed by atoms with Crippen LogP contribution in [0, 0.1) is 6.92 Å². The van der Waals surface area contributed by atoms with Crippen molar-refractivity contribution in [1.29, 1.82) is 0 Å². The van der Waals surface area contributed by atoms with Crippen molar-refractivity contribution in [3.8, 4) is 0 Å². The van der Waals surface area contributed by atoms with Gasteiger partial charge < -0.3 is 14.7 Å². The van der Waals surface area contributed by atoms with Crippen LogP contribution in [-0.4, -0.2) is 38.0 Å². The fourth-order valence-corrected chi connectivity index (χ4v) is 1.74. The van der Waals surface area contributed by atoms with E-state index in [-0.39, 0.29) is 0 Å². The van der Waals surface area contributed by atoms with Crippen molar-refractivity contribution in [1.82, 2.24) is 0 Å². The van der Waals surface area contributed by atoms with Crippen molar-refractivity contribution in [3.63, 3.8) is 0 Å². The fraction of sp³-hybridized carbons (Fsp3) is 0.538. The normalized spacial score (nSPS) is 12.5. The first-order valence-electron chi connectivity index (χ1n) is 5.66. The molecule has 0 aliphatic rings. The van der Waals surface area contributed by atoms with Gasteiger partial charge >= 0.3 is 0 Å². The minimum Gasteiger partial charge on any atom is -0.389 e. The lowest BCUT2D eigenvalue weighted by Gasteiger charge is -2.26. The van der Waals surface area contributed by atoms with Crippen LogP contribution in [0.4, 0.5) is 5.69 Å². The maximum absolute atomic E-state index is 9.71. The van der Waals surface area contributed by atoms with Crippen LogP contribution in [0.15, 0.2) is 24.3 Å². The molecule has 0 amide bonds. The maximum atomic E-state index is 9.71. The number of hydrogen-bond acceptors (Lipinski definition) is 3.